The maximum atomic E-state index is 11.5. The van der Waals surface area contributed by atoms with Crippen molar-refractivity contribution in [3.8, 4) is 0 Å². The molecule has 114 valence electrons. The summed E-state index contributed by atoms with van der Waals surface area (Å²) in [5.74, 6) is 5.98. The molecule has 1 atom stereocenters. The average molecular weight is 282 g/mol. The predicted molar refractivity (Wildman–Crippen MR) is 78.1 cm³/mol. The van der Waals surface area contributed by atoms with Crippen molar-refractivity contribution in [1.82, 2.24) is 5.43 Å². The van der Waals surface area contributed by atoms with Crippen molar-refractivity contribution in [1.29, 1.82) is 0 Å². The molecule has 3 N–H and O–H groups in total. The molecule has 0 radical (unpaired) electrons. The number of nitrogens with one attached hydrogen (secondary N) is 1. The first kappa shape index (κ1) is 16.7. The number of aryl methyl sites for hydroxylation is 1. The fourth-order valence-corrected chi connectivity index (χ4v) is 2.08. The second-order valence-electron chi connectivity index (χ2n) is 5.13. The summed E-state index contributed by atoms with van der Waals surface area (Å²) in [4.78, 5) is 11.5. The minimum absolute atomic E-state index is 0.198. The Labute approximate surface area is 120 Å². The minimum atomic E-state index is -0.342. The van der Waals surface area contributed by atoms with Crippen LogP contribution in [0.3, 0.4) is 0 Å². The molecule has 0 saturated heterocycles. The third kappa shape index (κ3) is 5.35. The van der Waals surface area contributed by atoms with E-state index in [0.717, 1.165) is 6.42 Å². The van der Waals surface area contributed by atoms with Gasteiger partial charge >= 0.3 is 0 Å². The number of hydrogen-bond donors (Lipinski definition) is 2. The number of amides is 1. The molecule has 0 aliphatic heterocycles. The van der Waals surface area contributed by atoms with Crippen LogP contribution in [0, 0.1) is 6.92 Å². The fourth-order valence-electron chi connectivity index (χ4n) is 2.08. The van der Waals surface area contributed by atoms with Crippen molar-refractivity contribution in [3.63, 3.8) is 0 Å². The van der Waals surface area contributed by atoms with Crippen LogP contribution >= 0.6 is 0 Å². The zero-order valence-corrected chi connectivity index (χ0v) is 12.7. The Bertz CT molecular complexity index is 415. The van der Waals surface area contributed by atoms with E-state index < -0.39 is 0 Å². The summed E-state index contributed by atoms with van der Waals surface area (Å²) in [5, 5.41) is 0. The minimum Gasteiger partial charge on any atom is -0.463 e. The van der Waals surface area contributed by atoms with E-state index in [9.17, 15) is 4.79 Å². The molecular weight excluding hydrogens is 256 g/mol. The molecule has 1 heterocycles. The first-order valence-corrected chi connectivity index (χ1v) is 7.30. The zero-order chi connectivity index (χ0) is 15.0. The standard InChI is InChI=1S/C15H26N2O3/c1-4-5-6-7-8-11(2)19-10-13-9-14(12(3)20-13)15(18)17-16/h9,11H,4-8,10,16H2,1-3H3,(H,17,18). The second-order valence-corrected chi connectivity index (χ2v) is 5.13. The number of rotatable bonds is 9. The van der Waals surface area contributed by atoms with Crippen LogP contribution in [-0.4, -0.2) is 12.0 Å². The van der Waals surface area contributed by atoms with Crippen LogP contribution in [0.1, 0.15) is 67.8 Å². The van der Waals surface area contributed by atoms with Gasteiger partial charge in [-0.3, -0.25) is 10.2 Å². The Morgan fingerprint density at radius 2 is 2.20 bits per heavy atom. The molecule has 0 aliphatic carbocycles. The quantitative estimate of drug-likeness (QED) is 0.316. The van der Waals surface area contributed by atoms with Gasteiger partial charge in [0, 0.05) is 0 Å². The van der Waals surface area contributed by atoms with E-state index in [4.69, 9.17) is 15.0 Å². The average Bonchev–Trinajstić information content (AvgIpc) is 2.81. The number of ether oxygens (including phenoxy) is 1. The van der Waals surface area contributed by atoms with E-state index in [0.29, 0.717) is 23.7 Å². The summed E-state index contributed by atoms with van der Waals surface area (Å²) in [7, 11) is 0. The van der Waals surface area contributed by atoms with Crippen LogP contribution < -0.4 is 11.3 Å². The molecule has 1 rings (SSSR count). The third-order valence-corrected chi connectivity index (χ3v) is 3.32. The van der Waals surface area contributed by atoms with Gasteiger partial charge in [-0.05, 0) is 26.3 Å². The lowest BCUT2D eigenvalue weighted by Gasteiger charge is -2.11. The molecule has 0 spiro atoms. The summed E-state index contributed by atoms with van der Waals surface area (Å²) in [6, 6.07) is 1.68. The van der Waals surface area contributed by atoms with Crippen LogP contribution in [0.25, 0.3) is 0 Å². The Morgan fingerprint density at radius 3 is 2.85 bits per heavy atom. The molecule has 1 aromatic rings. The van der Waals surface area contributed by atoms with Crippen LogP contribution in [0.4, 0.5) is 0 Å². The van der Waals surface area contributed by atoms with Gasteiger partial charge in [0.05, 0.1) is 11.7 Å². The summed E-state index contributed by atoms with van der Waals surface area (Å²) in [6.45, 7) is 6.39. The van der Waals surface area contributed by atoms with Crippen molar-refractivity contribution < 1.29 is 13.9 Å². The second kappa shape index (κ2) is 8.76. The van der Waals surface area contributed by atoms with Crippen LogP contribution in [0.15, 0.2) is 10.5 Å². The number of furan rings is 1. The number of hydrazine groups is 1. The van der Waals surface area contributed by atoms with Crippen molar-refractivity contribution in [2.45, 2.75) is 65.6 Å². The van der Waals surface area contributed by atoms with Crippen LogP contribution in [-0.2, 0) is 11.3 Å². The topological polar surface area (TPSA) is 77.5 Å². The van der Waals surface area contributed by atoms with Gasteiger partial charge in [-0.1, -0.05) is 32.6 Å². The molecule has 0 saturated carbocycles. The molecule has 0 aliphatic rings. The zero-order valence-electron chi connectivity index (χ0n) is 12.7. The molecule has 0 aromatic carbocycles. The molecule has 20 heavy (non-hydrogen) atoms. The van der Waals surface area contributed by atoms with Crippen molar-refractivity contribution in [2.75, 3.05) is 0 Å². The highest BCUT2D eigenvalue weighted by atomic mass is 16.5. The van der Waals surface area contributed by atoms with Gasteiger partial charge in [-0.15, -0.1) is 0 Å². The largest absolute Gasteiger partial charge is 0.463 e. The van der Waals surface area contributed by atoms with Crippen molar-refractivity contribution in [3.05, 3.63) is 23.2 Å². The Hall–Kier alpha value is -1.33. The fraction of sp³-hybridized carbons (Fsp3) is 0.667. The van der Waals surface area contributed by atoms with Gasteiger partial charge in [-0.2, -0.15) is 0 Å². The van der Waals surface area contributed by atoms with E-state index in [-0.39, 0.29) is 12.0 Å². The van der Waals surface area contributed by atoms with Gasteiger partial charge in [0.15, 0.2) is 0 Å². The van der Waals surface area contributed by atoms with Gasteiger partial charge in [0.25, 0.3) is 5.91 Å². The van der Waals surface area contributed by atoms with Gasteiger partial charge in [-0.25, -0.2) is 5.84 Å². The maximum absolute atomic E-state index is 11.5. The summed E-state index contributed by atoms with van der Waals surface area (Å²) < 4.78 is 11.2. The maximum Gasteiger partial charge on any atom is 0.268 e. The van der Waals surface area contributed by atoms with Gasteiger partial charge < -0.3 is 9.15 Å². The number of carbonyl (C=O) groups is 1. The van der Waals surface area contributed by atoms with Crippen molar-refractivity contribution >= 4 is 5.91 Å². The highest BCUT2D eigenvalue weighted by Crippen LogP contribution is 2.17. The lowest BCUT2D eigenvalue weighted by atomic mass is 10.1. The Morgan fingerprint density at radius 1 is 1.45 bits per heavy atom. The first-order valence-electron chi connectivity index (χ1n) is 7.30. The van der Waals surface area contributed by atoms with Crippen molar-refractivity contribution in [2.24, 2.45) is 5.84 Å². The number of hydrogen-bond acceptors (Lipinski definition) is 4. The summed E-state index contributed by atoms with van der Waals surface area (Å²) in [6.07, 6.45) is 6.21. The lowest BCUT2D eigenvalue weighted by Crippen LogP contribution is -2.30. The van der Waals surface area contributed by atoms with Crippen LogP contribution in [0.5, 0.6) is 0 Å². The monoisotopic (exact) mass is 282 g/mol. The summed E-state index contributed by atoms with van der Waals surface area (Å²) >= 11 is 0. The van der Waals surface area contributed by atoms with Crippen LogP contribution in [0.2, 0.25) is 0 Å². The highest BCUT2D eigenvalue weighted by Gasteiger charge is 2.14. The normalized spacial score (nSPS) is 12.4. The SMILES string of the molecule is CCCCCCC(C)OCc1cc(C(=O)NN)c(C)o1. The number of nitrogen functional groups attached to an aromatic ring is 1. The Kier molecular flexibility index (Phi) is 7.33. The Balaban J connectivity index is 2.36. The summed E-state index contributed by atoms with van der Waals surface area (Å²) in [5.41, 5.74) is 2.56. The van der Waals surface area contributed by atoms with E-state index in [1.54, 1.807) is 13.0 Å². The van der Waals surface area contributed by atoms with E-state index >= 15 is 0 Å². The van der Waals surface area contributed by atoms with E-state index in [1.807, 2.05) is 0 Å². The number of carbonyl (C=O) groups excluding carboxylic acids is 1. The molecule has 1 aromatic heterocycles. The molecule has 1 amide bonds. The molecule has 5 heteroatoms. The predicted octanol–water partition coefficient (Wildman–Crippen LogP) is 3.07. The van der Waals surface area contributed by atoms with E-state index in [1.165, 1.54) is 25.7 Å². The molecule has 0 fully saturated rings. The van der Waals surface area contributed by atoms with Gasteiger partial charge in [0.1, 0.15) is 18.1 Å². The molecule has 0 bridgehead atoms. The lowest BCUT2D eigenvalue weighted by molar-refractivity contribution is 0.0357. The molecule has 5 nitrogen and oxygen atoms in total. The first-order chi connectivity index (χ1) is 9.58. The number of unbranched alkanes of at least 4 members (excludes halogenated alkanes) is 3. The smallest absolute Gasteiger partial charge is 0.268 e. The number of nitrogens with two attached hydrogens (primary N) is 1. The van der Waals surface area contributed by atoms with Gasteiger partial charge in [0.2, 0.25) is 0 Å². The molecular formula is C15H26N2O3. The molecule has 1 unspecified atom stereocenters. The highest BCUT2D eigenvalue weighted by molar-refractivity contribution is 5.94. The third-order valence-electron chi connectivity index (χ3n) is 3.32. The van der Waals surface area contributed by atoms with E-state index in [2.05, 4.69) is 19.3 Å².